The third-order valence-corrected chi connectivity index (χ3v) is 7.36. The molecule has 0 bridgehead atoms. The van der Waals surface area contributed by atoms with Crippen molar-refractivity contribution in [3.8, 4) is 0 Å². The summed E-state index contributed by atoms with van der Waals surface area (Å²) < 4.78 is 2.06. The van der Waals surface area contributed by atoms with Crippen molar-refractivity contribution in [3.05, 3.63) is 48.3 Å². The van der Waals surface area contributed by atoms with E-state index in [1.807, 2.05) is 54.7 Å². The molecular weight excluding hydrogens is 420 g/mol. The van der Waals surface area contributed by atoms with Crippen molar-refractivity contribution >= 4 is 29.4 Å². The summed E-state index contributed by atoms with van der Waals surface area (Å²) in [4.78, 5) is 31.7. The number of anilines is 1. The summed E-state index contributed by atoms with van der Waals surface area (Å²) in [6.07, 6.45) is 11.5. The molecule has 32 heavy (non-hydrogen) atoms. The van der Waals surface area contributed by atoms with Gasteiger partial charge in [0.2, 0.25) is 5.91 Å². The third-order valence-electron chi connectivity index (χ3n) is 6.61. The van der Waals surface area contributed by atoms with Crippen LogP contribution in [0, 0.1) is 0 Å². The van der Waals surface area contributed by atoms with E-state index < -0.39 is 0 Å². The van der Waals surface area contributed by atoms with E-state index in [4.69, 9.17) is 0 Å². The molecule has 4 rings (SSSR count). The van der Waals surface area contributed by atoms with Crippen LogP contribution in [0.3, 0.4) is 0 Å². The number of aromatic nitrogens is 1. The Morgan fingerprint density at radius 3 is 2.28 bits per heavy atom. The molecule has 1 heterocycles. The highest BCUT2D eigenvalue weighted by Gasteiger charge is 2.35. The molecule has 1 aromatic carbocycles. The third kappa shape index (κ3) is 5.68. The largest absolute Gasteiger partial charge is 0.353 e. The number of hydrogen-bond acceptors (Lipinski definition) is 3. The minimum atomic E-state index is -0.170. The number of aryl methyl sites for hydroxylation is 1. The molecule has 0 atom stereocenters. The molecule has 1 N–H and O–H groups in total. The van der Waals surface area contributed by atoms with Gasteiger partial charge in [-0.25, -0.2) is 4.79 Å². The Labute approximate surface area is 195 Å². The maximum Gasteiger partial charge on any atom is 0.322 e. The summed E-state index contributed by atoms with van der Waals surface area (Å²) in [5.41, 5.74) is 1.89. The maximum atomic E-state index is 13.4. The first-order chi connectivity index (χ1) is 15.5. The minimum absolute atomic E-state index is 0.0483. The number of hydrogen-bond donors (Lipinski definition) is 1. The zero-order valence-electron chi connectivity index (χ0n) is 19.1. The highest BCUT2D eigenvalue weighted by molar-refractivity contribution is 7.98. The molecule has 7 heteroatoms. The number of nitrogens with zero attached hydrogens (tertiary/aromatic N) is 3. The summed E-state index contributed by atoms with van der Waals surface area (Å²) in [6.45, 7) is 0.740. The molecule has 1 aromatic heterocycles. The molecule has 3 amide bonds. The average Bonchev–Trinajstić information content (AvgIpc) is 3.58. The topological polar surface area (TPSA) is 57.6 Å². The van der Waals surface area contributed by atoms with E-state index in [0.717, 1.165) is 54.8 Å². The highest BCUT2D eigenvalue weighted by Crippen LogP contribution is 2.30. The van der Waals surface area contributed by atoms with E-state index in [-0.39, 0.29) is 24.5 Å². The average molecular weight is 455 g/mol. The lowest BCUT2D eigenvalue weighted by atomic mass is 9.94. The number of carbonyl (C=O) groups excluding carboxylic acids is 2. The Hall–Kier alpha value is -2.41. The number of carbonyl (C=O) groups is 2. The molecule has 0 unspecified atom stereocenters. The molecule has 172 valence electrons. The first kappa shape index (κ1) is 22.8. The van der Waals surface area contributed by atoms with E-state index in [1.165, 1.54) is 6.42 Å². The first-order valence-electron chi connectivity index (χ1n) is 11.7. The van der Waals surface area contributed by atoms with Crippen LogP contribution in [0.15, 0.2) is 47.5 Å². The number of benzene rings is 1. The van der Waals surface area contributed by atoms with E-state index in [1.54, 1.807) is 16.7 Å². The van der Waals surface area contributed by atoms with Crippen LogP contribution in [0.25, 0.3) is 0 Å². The second-order valence-electron chi connectivity index (χ2n) is 8.94. The van der Waals surface area contributed by atoms with Crippen LogP contribution in [0.5, 0.6) is 0 Å². The monoisotopic (exact) mass is 454 g/mol. The van der Waals surface area contributed by atoms with Crippen LogP contribution in [0.2, 0.25) is 0 Å². The van der Waals surface area contributed by atoms with Gasteiger partial charge in [-0.3, -0.25) is 4.79 Å². The standard InChI is InChI=1S/C25H34N4O2S/c1-27-16-6-9-22(27)17-28(21-12-13-21)24(30)18-29(20-7-4-3-5-8-20)25(31)26-19-10-14-23(32-2)15-11-19/h6,9-11,14-16,20-21H,3-5,7-8,12-13,17-18H2,1-2H3,(H,26,31). The Kier molecular flexibility index (Phi) is 7.45. The molecule has 0 radical (unpaired) electrons. The smallest absolute Gasteiger partial charge is 0.322 e. The molecule has 2 aliphatic carbocycles. The van der Waals surface area contributed by atoms with Gasteiger partial charge >= 0.3 is 6.03 Å². The van der Waals surface area contributed by atoms with E-state index in [2.05, 4.69) is 16.0 Å². The fraction of sp³-hybridized carbons (Fsp3) is 0.520. The van der Waals surface area contributed by atoms with Gasteiger partial charge in [0.15, 0.2) is 0 Å². The summed E-state index contributed by atoms with van der Waals surface area (Å²) in [5, 5.41) is 3.04. The van der Waals surface area contributed by atoms with Gasteiger partial charge in [0, 0.05) is 41.6 Å². The van der Waals surface area contributed by atoms with Crippen molar-refractivity contribution < 1.29 is 9.59 Å². The fourth-order valence-corrected chi connectivity index (χ4v) is 4.92. The van der Waals surface area contributed by atoms with Crippen LogP contribution < -0.4 is 5.32 Å². The number of nitrogens with one attached hydrogen (secondary N) is 1. The lowest BCUT2D eigenvalue weighted by molar-refractivity contribution is -0.133. The summed E-state index contributed by atoms with van der Waals surface area (Å²) >= 11 is 1.67. The summed E-state index contributed by atoms with van der Waals surface area (Å²) in [7, 11) is 2.01. The number of amides is 3. The van der Waals surface area contributed by atoms with Gasteiger partial charge in [-0.15, -0.1) is 11.8 Å². The van der Waals surface area contributed by atoms with Gasteiger partial charge in [-0.2, -0.15) is 0 Å². The summed E-state index contributed by atoms with van der Waals surface area (Å²) in [5.74, 6) is 0.0483. The molecule has 2 aromatic rings. The molecule has 0 aliphatic heterocycles. The van der Waals surface area contributed by atoms with Gasteiger partial charge < -0.3 is 19.7 Å². The molecule has 0 spiro atoms. The first-order valence-corrected chi connectivity index (χ1v) is 12.9. The van der Waals surface area contributed by atoms with Crippen molar-refractivity contribution in [2.45, 2.75) is 68.5 Å². The molecule has 0 saturated heterocycles. The number of rotatable bonds is 8. The van der Waals surface area contributed by atoms with Crippen molar-refractivity contribution in [2.24, 2.45) is 7.05 Å². The van der Waals surface area contributed by atoms with Crippen molar-refractivity contribution in [1.82, 2.24) is 14.4 Å². The lowest BCUT2D eigenvalue weighted by Gasteiger charge is -2.35. The Balaban J connectivity index is 1.48. The summed E-state index contributed by atoms with van der Waals surface area (Å²) in [6, 6.07) is 12.2. The predicted molar refractivity (Wildman–Crippen MR) is 130 cm³/mol. The molecule has 2 aliphatic rings. The SMILES string of the molecule is CSc1ccc(NC(=O)N(CC(=O)N(Cc2cccn2C)C2CC2)C2CCCCC2)cc1. The van der Waals surface area contributed by atoms with E-state index in [9.17, 15) is 9.59 Å². The van der Waals surface area contributed by atoms with Crippen molar-refractivity contribution in [1.29, 1.82) is 0 Å². The lowest BCUT2D eigenvalue weighted by Crippen LogP contribution is -2.50. The van der Waals surface area contributed by atoms with Crippen LogP contribution in [0.1, 0.15) is 50.6 Å². The molecule has 2 saturated carbocycles. The van der Waals surface area contributed by atoms with Gasteiger partial charge in [0.1, 0.15) is 6.54 Å². The number of thioether (sulfide) groups is 1. The number of urea groups is 1. The molecule has 2 fully saturated rings. The highest BCUT2D eigenvalue weighted by atomic mass is 32.2. The quantitative estimate of drug-likeness (QED) is 0.564. The second kappa shape index (κ2) is 10.5. The van der Waals surface area contributed by atoms with Gasteiger partial charge in [0.25, 0.3) is 0 Å². The van der Waals surface area contributed by atoms with Crippen LogP contribution in [-0.4, -0.2) is 51.2 Å². The Morgan fingerprint density at radius 2 is 1.69 bits per heavy atom. The van der Waals surface area contributed by atoms with Crippen molar-refractivity contribution in [3.63, 3.8) is 0 Å². The van der Waals surface area contributed by atoms with Crippen molar-refractivity contribution in [2.75, 3.05) is 18.1 Å². The minimum Gasteiger partial charge on any atom is -0.353 e. The van der Waals surface area contributed by atoms with Crippen LogP contribution in [0.4, 0.5) is 10.5 Å². The fourth-order valence-electron chi connectivity index (χ4n) is 4.51. The maximum absolute atomic E-state index is 13.4. The Morgan fingerprint density at radius 1 is 1.00 bits per heavy atom. The van der Waals surface area contributed by atoms with Crippen LogP contribution >= 0.6 is 11.8 Å². The normalized spacial score (nSPS) is 16.6. The predicted octanol–water partition coefficient (Wildman–Crippen LogP) is 5.10. The van der Waals surface area contributed by atoms with Gasteiger partial charge in [0.05, 0.1) is 6.54 Å². The zero-order valence-corrected chi connectivity index (χ0v) is 19.9. The van der Waals surface area contributed by atoms with Crippen LogP contribution in [-0.2, 0) is 18.4 Å². The molecule has 6 nitrogen and oxygen atoms in total. The molecular formula is C25H34N4O2S. The Bertz CT molecular complexity index is 916. The van der Waals surface area contributed by atoms with E-state index >= 15 is 0 Å². The van der Waals surface area contributed by atoms with Gasteiger partial charge in [-0.1, -0.05) is 19.3 Å². The second-order valence-corrected chi connectivity index (χ2v) is 9.82. The van der Waals surface area contributed by atoms with E-state index in [0.29, 0.717) is 12.6 Å². The zero-order chi connectivity index (χ0) is 22.5. The van der Waals surface area contributed by atoms with Gasteiger partial charge in [-0.05, 0) is 68.3 Å².